The number of carbonyl (C=O) groups is 1. The van der Waals surface area contributed by atoms with Crippen LogP contribution in [0.3, 0.4) is 0 Å². The smallest absolute Gasteiger partial charge is 0.230 e. The van der Waals surface area contributed by atoms with Gasteiger partial charge < -0.3 is 10.6 Å². The average molecular weight is 281 g/mol. The number of hydrogen-bond donors (Lipinski definition) is 2. The Kier molecular flexibility index (Phi) is 4.04. The number of rotatable bonds is 4. The predicted octanol–water partition coefficient (Wildman–Crippen LogP) is 3.60. The van der Waals surface area contributed by atoms with Gasteiger partial charge in [0.2, 0.25) is 5.91 Å². The number of benzene rings is 1. The highest BCUT2D eigenvalue weighted by atomic mass is 35.5. The Morgan fingerprint density at radius 1 is 1.42 bits per heavy atom. The van der Waals surface area contributed by atoms with Gasteiger partial charge in [-0.3, -0.25) is 4.79 Å². The van der Waals surface area contributed by atoms with Gasteiger partial charge in [-0.2, -0.15) is 0 Å². The Hall–Kier alpha value is -1.22. The van der Waals surface area contributed by atoms with Crippen molar-refractivity contribution in [1.29, 1.82) is 0 Å². The first-order valence-electron chi connectivity index (χ1n) is 6.92. The molecule has 1 fully saturated rings. The molecule has 1 aliphatic carbocycles. The number of amides is 1. The molecule has 0 radical (unpaired) electrons. The van der Waals surface area contributed by atoms with Crippen LogP contribution in [0.1, 0.15) is 38.2 Å². The second-order valence-corrected chi connectivity index (χ2v) is 5.53. The third-order valence-electron chi connectivity index (χ3n) is 4.14. The molecule has 3 nitrogen and oxygen atoms in total. The molecule has 2 aliphatic rings. The zero-order valence-corrected chi connectivity index (χ0v) is 12.1. The lowest BCUT2D eigenvalue weighted by atomic mass is 9.99. The van der Waals surface area contributed by atoms with E-state index >= 15 is 0 Å². The van der Waals surface area contributed by atoms with Crippen LogP contribution < -0.4 is 10.6 Å². The summed E-state index contributed by atoms with van der Waals surface area (Å²) in [5.74, 6) is 0.218. The fraction of sp³-hybridized carbons (Fsp3) is 0.533. The summed E-state index contributed by atoms with van der Waals surface area (Å²) < 4.78 is 0. The first-order chi connectivity index (χ1) is 8.73. The van der Waals surface area contributed by atoms with Crippen molar-refractivity contribution in [2.45, 2.75) is 39.0 Å². The zero-order valence-electron chi connectivity index (χ0n) is 11.3. The highest BCUT2D eigenvalue weighted by Crippen LogP contribution is 2.50. The van der Waals surface area contributed by atoms with Crippen molar-refractivity contribution in [2.75, 3.05) is 17.2 Å². The number of carbonyl (C=O) groups excluding carboxylic acids is 1. The minimum absolute atomic E-state index is 0. The normalized spacial score (nSPS) is 17.9. The zero-order chi connectivity index (χ0) is 12.6. The topological polar surface area (TPSA) is 41.1 Å². The molecule has 1 heterocycles. The Morgan fingerprint density at radius 3 is 2.89 bits per heavy atom. The lowest BCUT2D eigenvalue weighted by molar-refractivity contribution is -0.121. The fourth-order valence-electron chi connectivity index (χ4n) is 2.87. The van der Waals surface area contributed by atoms with Crippen LogP contribution in [0, 0.1) is 5.41 Å². The van der Waals surface area contributed by atoms with E-state index in [0.717, 1.165) is 44.3 Å². The van der Waals surface area contributed by atoms with E-state index in [1.165, 1.54) is 11.3 Å². The molecule has 1 aromatic rings. The third-order valence-corrected chi connectivity index (χ3v) is 4.14. The summed E-state index contributed by atoms with van der Waals surface area (Å²) in [6, 6.07) is 6.17. The molecule has 1 aliphatic heterocycles. The fourth-order valence-corrected chi connectivity index (χ4v) is 2.87. The molecule has 0 bridgehead atoms. The molecule has 3 rings (SSSR count). The van der Waals surface area contributed by atoms with Gasteiger partial charge >= 0.3 is 0 Å². The summed E-state index contributed by atoms with van der Waals surface area (Å²) in [6.07, 6.45) is 5.27. The SMILES string of the molecule is CCCC1(C(=O)Nc2ccc3c(c2)CCN3)CC1.Cl. The molecule has 19 heavy (non-hydrogen) atoms. The Balaban J connectivity index is 0.00000133. The van der Waals surface area contributed by atoms with Gasteiger partial charge in [0.25, 0.3) is 0 Å². The van der Waals surface area contributed by atoms with Gasteiger partial charge in [-0.05, 0) is 49.4 Å². The molecule has 1 amide bonds. The largest absolute Gasteiger partial charge is 0.384 e. The van der Waals surface area contributed by atoms with Crippen molar-refractivity contribution in [3.8, 4) is 0 Å². The van der Waals surface area contributed by atoms with Crippen LogP contribution >= 0.6 is 12.4 Å². The highest BCUT2D eigenvalue weighted by Gasteiger charge is 2.48. The predicted molar refractivity (Wildman–Crippen MR) is 81.1 cm³/mol. The van der Waals surface area contributed by atoms with E-state index in [0.29, 0.717) is 0 Å². The van der Waals surface area contributed by atoms with Crippen LogP contribution in [-0.4, -0.2) is 12.5 Å². The van der Waals surface area contributed by atoms with Gasteiger partial charge in [-0.1, -0.05) is 13.3 Å². The number of hydrogen-bond acceptors (Lipinski definition) is 2. The molecular formula is C15H21ClN2O. The first kappa shape index (κ1) is 14.2. The maximum Gasteiger partial charge on any atom is 0.230 e. The molecule has 2 N–H and O–H groups in total. The third kappa shape index (κ3) is 2.71. The van der Waals surface area contributed by atoms with E-state index in [1.807, 2.05) is 6.07 Å². The van der Waals surface area contributed by atoms with Gasteiger partial charge in [0.1, 0.15) is 0 Å². The summed E-state index contributed by atoms with van der Waals surface area (Å²) in [5.41, 5.74) is 3.42. The van der Waals surface area contributed by atoms with Crippen LogP contribution in [0.4, 0.5) is 11.4 Å². The van der Waals surface area contributed by atoms with Gasteiger partial charge in [0, 0.05) is 23.3 Å². The van der Waals surface area contributed by atoms with Crippen molar-refractivity contribution in [3.05, 3.63) is 23.8 Å². The van der Waals surface area contributed by atoms with Gasteiger partial charge in [0.15, 0.2) is 0 Å². The molecular weight excluding hydrogens is 260 g/mol. The van der Waals surface area contributed by atoms with Crippen LogP contribution in [0.15, 0.2) is 18.2 Å². The standard InChI is InChI=1S/C15H20N2O.ClH/c1-2-6-15(7-8-15)14(18)17-12-3-4-13-11(10-12)5-9-16-13;/h3-4,10,16H,2,5-9H2,1H3,(H,17,18);1H. The van der Waals surface area contributed by atoms with Crippen molar-refractivity contribution in [2.24, 2.45) is 5.41 Å². The molecule has 0 atom stereocenters. The molecule has 0 aromatic heterocycles. The summed E-state index contributed by atoms with van der Waals surface area (Å²) in [4.78, 5) is 12.3. The quantitative estimate of drug-likeness (QED) is 0.885. The van der Waals surface area contributed by atoms with E-state index in [9.17, 15) is 4.79 Å². The molecule has 0 unspecified atom stereocenters. The molecule has 0 spiro atoms. The minimum atomic E-state index is -0.0496. The lowest BCUT2D eigenvalue weighted by Gasteiger charge is -2.14. The first-order valence-corrected chi connectivity index (χ1v) is 6.92. The molecule has 1 saturated carbocycles. The van der Waals surface area contributed by atoms with Crippen LogP contribution in [0.25, 0.3) is 0 Å². The van der Waals surface area contributed by atoms with Gasteiger partial charge in [-0.25, -0.2) is 0 Å². The summed E-state index contributed by atoms with van der Waals surface area (Å²) in [5, 5.41) is 6.42. The van der Waals surface area contributed by atoms with Crippen molar-refractivity contribution >= 4 is 29.7 Å². The summed E-state index contributed by atoms with van der Waals surface area (Å²) in [6.45, 7) is 3.15. The second-order valence-electron chi connectivity index (χ2n) is 5.53. The Morgan fingerprint density at radius 2 is 2.21 bits per heavy atom. The van der Waals surface area contributed by atoms with Crippen LogP contribution in [0.5, 0.6) is 0 Å². The summed E-state index contributed by atoms with van der Waals surface area (Å²) in [7, 11) is 0. The maximum absolute atomic E-state index is 12.3. The highest BCUT2D eigenvalue weighted by molar-refractivity contribution is 5.97. The number of fused-ring (bicyclic) bond motifs is 1. The minimum Gasteiger partial charge on any atom is -0.384 e. The van der Waals surface area contributed by atoms with E-state index in [2.05, 4.69) is 29.7 Å². The lowest BCUT2D eigenvalue weighted by Crippen LogP contribution is -2.24. The monoisotopic (exact) mass is 280 g/mol. The molecule has 1 aromatic carbocycles. The van der Waals surface area contributed by atoms with Gasteiger partial charge in [0.05, 0.1) is 0 Å². The van der Waals surface area contributed by atoms with Crippen molar-refractivity contribution in [3.63, 3.8) is 0 Å². The number of halogens is 1. The second kappa shape index (κ2) is 5.41. The van der Waals surface area contributed by atoms with Crippen molar-refractivity contribution < 1.29 is 4.79 Å². The summed E-state index contributed by atoms with van der Waals surface area (Å²) >= 11 is 0. The number of nitrogens with one attached hydrogen (secondary N) is 2. The van der Waals surface area contributed by atoms with E-state index in [1.54, 1.807) is 0 Å². The average Bonchev–Trinajstić information content (AvgIpc) is 3.00. The molecule has 4 heteroatoms. The number of anilines is 2. The van der Waals surface area contributed by atoms with Crippen LogP contribution in [-0.2, 0) is 11.2 Å². The Bertz CT molecular complexity index is 483. The molecule has 104 valence electrons. The van der Waals surface area contributed by atoms with E-state index < -0.39 is 0 Å². The molecule has 0 saturated heterocycles. The van der Waals surface area contributed by atoms with Crippen molar-refractivity contribution in [1.82, 2.24) is 0 Å². The Labute approximate surface area is 120 Å². The van der Waals surface area contributed by atoms with Crippen LogP contribution in [0.2, 0.25) is 0 Å². The van der Waals surface area contributed by atoms with Gasteiger partial charge in [-0.15, -0.1) is 12.4 Å². The maximum atomic E-state index is 12.3. The van der Waals surface area contributed by atoms with E-state index in [-0.39, 0.29) is 23.7 Å². The van der Waals surface area contributed by atoms with E-state index in [4.69, 9.17) is 0 Å².